The van der Waals surface area contributed by atoms with E-state index in [0.29, 0.717) is 5.92 Å². The zero-order valence-corrected chi connectivity index (χ0v) is 12.3. The second-order valence-corrected chi connectivity index (χ2v) is 6.81. The molecule has 3 aliphatic rings. The van der Waals surface area contributed by atoms with E-state index in [1.807, 2.05) is 13.8 Å². The van der Waals surface area contributed by atoms with Crippen molar-refractivity contribution in [3.63, 3.8) is 0 Å². The maximum atomic E-state index is 10.7. The molecule has 0 amide bonds. The van der Waals surface area contributed by atoms with Crippen molar-refractivity contribution in [2.24, 2.45) is 5.92 Å². The molecule has 19 heavy (non-hydrogen) atoms. The van der Waals surface area contributed by atoms with Crippen LogP contribution in [-0.4, -0.2) is 53.2 Å². The molecule has 3 heterocycles. The predicted octanol–water partition coefficient (Wildman–Crippen LogP) is 1.76. The largest absolute Gasteiger partial charge is 0.391 e. The Balaban J connectivity index is 1.70. The third kappa shape index (κ3) is 2.44. The summed E-state index contributed by atoms with van der Waals surface area (Å²) in [5.41, 5.74) is 0. The van der Waals surface area contributed by atoms with Crippen LogP contribution in [0.1, 0.15) is 46.5 Å². The van der Waals surface area contributed by atoms with Crippen molar-refractivity contribution in [3.05, 3.63) is 0 Å². The molecule has 0 saturated carbocycles. The number of rotatable bonds is 3. The number of ether oxygens (including phenoxy) is 2. The summed E-state index contributed by atoms with van der Waals surface area (Å²) < 4.78 is 12.0. The molecular weight excluding hydrogens is 242 g/mol. The highest BCUT2D eigenvalue weighted by molar-refractivity contribution is 5.06. The highest BCUT2D eigenvalue weighted by Gasteiger charge is 2.56. The summed E-state index contributed by atoms with van der Waals surface area (Å²) in [4.78, 5) is 2.37. The number of unbranched alkanes of at least 4 members (excludes halogenated alkanes) is 1. The van der Waals surface area contributed by atoms with Crippen molar-refractivity contribution in [1.29, 1.82) is 0 Å². The van der Waals surface area contributed by atoms with Crippen LogP contribution in [-0.2, 0) is 9.47 Å². The summed E-state index contributed by atoms with van der Waals surface area (Å²) in [5, 5.41) is 10.7. The molecule has 0 spiro atoms. The van der Waals surface area contributed by atoms with E-state index < -0.39 is 5.79 Å². The summed E-state index contributed by atoms with van der Waals surface area (Å²) in [6.07, 6.45) is 4.60. The Morgan fingerprint density at radius 2 is 2.11 bits per heavy atom. The topological polar surface area (TPSA) is 41.9 Å². The van der Waals surface area contributed by atoms with Crippen molar-refractivity contribution < 1.29 is 14.6 Å². The zero-order chi connectivity index (χ0) is 13.6. The minimum Gasteiger partial charge on any atom is -0.391 e. The molecule has 0 aliphatic carbocycles. The molecule has 3 saturated heterocycles. The zero-order valence-electron chi connectivity index (χ0n) is 12.3. The van der Waals surface area contributed by atoms with Crippen LogP contribution in [0.3, 0.4) is 0 Å². The summed E-state index contributed by atoms with van der Waals surface area (Å²) in [6.45, 7) is 8.15. The van der Waals surface area contributed by atoms with E-state index in [1.54, 1.807) is 0 Å². The Bertz CT molecular complexity index is 333. The average molecular weight is 269 g/mol. The van der Waals surface area contributed by atoms with Gasteiger partial charge in [0.05, 0.1) is 12.1 Å². The Kier molecular flexibility index (Phi) is 3.63. The summed E-state index contributed by atoms with van der Waals surface area (Å²) in [5.74, 6) is -0.0513. The van der Waals surface area contributed by atoms with Crippen LogP contribution >= 0.6 is 0 Å². The fraction of sp³-hybridized carbons (Fsp3) is 1.00. The van der Waals surface area contributed by atoms with Gasteiger partial charge < -0.3 is 14.6 Å². The van der Waals surface area contributed by atoms with Crippen molar-refractivity contribution in [3.8, 4) is 0 Å². The first-order valence-corrected chi connectivity index (χ1v) is 7.79. The van der Waals surface area contributed by atoms with Crippen molar-refractivity contribution in [2.75, 3.05) is 13.1 Å². The molecule has 0 radical (unpaired) electrons. The van der Waals surface area contributed by atoms with E-state index in [0.717, 1.165) is 25.9 Å². The molecule has 110 valence electrons. The van der Waals surface area contributed by atoms with Gasteiger partial charge in [-0.3, -0.25) is 4.90 Å². The smallest absolute Gasteiger partial charge is 0.163 e. The first-order valence-electron chi connectivity index (χ1n) is 7.79. The molecule has 3 aliphatic heterocycles. The number of hydrogen-bond acceptors (Lipinski definition) is 4. The lowest BCUT2D eigenvalue weighted by Crippen LogP contribution is -2.53. The van der Waals surface area contributed by atoms with E-state index in [-0.39, 0.29) is 24.4 Å². The lowest BCUT2D eigenvalue weighted by Gasteiger charge is -2.41. The highest BCUT2D eigenvalue weighted by atomic mass is 16.8. The lowest BCUT2D eigenvalue weighted by atomic mass is 9.83. The fourth-order valence-corrected chi connectivity index (χ4v) is 4.07. The first-order chi connectivity index (χ1) is 9.02. The summed E-state index contributed by atoms with van der Waals surface area (Å²) in [6, 6.07) is 0.141. The maximum absolute atomic E-state index is 10.7. The Hall–Kier alpha value is -0.160. The van der Waals surface area contributed by atoms with Crippen molar-refractivity contribution >= 4 is 0 Å². The molecule has 0 bridgehead atoms. The Morgan fingerprint density at radius 3 is 2.84 bits per heavy atom. The number of aliphatic hydroxyl groups is 1. The SMILES string of the molecule is CCCC[C@@H]1CCN2CC3OC(C)(C)O[C@H]3[C@H]2[C@@H]1O. The van der Waals surface area contributed by atoms with Crippen molar-refractivity contribution in [1.82, 2.24) is 4.90 Å². The lowest BCUT2D eigenvalue weighted by molar-refractivity contribution is -0.173. The minimum atomic E-state index is -0.489. The summed E-state index contributed by atoms with van der Waals surface area (Å²) in [7, 11) is 0. The van der Waals surface area contributed by atoms with Crippen molar-refractivity contribution in [2.45, 2.75) is 76.6 Å². The van der Waals surface area contributed by atoms with Gasteiger partial charge in [0.25, 0.3) is 0 Å². The van der Waals surface area contributed by atoms with Gasteiger partial charge in [0.1, 0.15) is 12.2 Å². The minimum absolute atomic E-state index is 0.0504. The number of hydrogen-bond donors (Lipinski definition) is 1. The van der Waals surface area contributed by atoms with Crippen LogP contribution in [0.5, 0.6) is 0 Å². The standard InChI is InChI=1S/C15H27NO3/c1-4-5-6-10-7-8-16-9-11-14(12(16)13(10)17)19-15(2,3)18-11/h10-14,17H,4-9H2,1-3H3/t10-,11?,12-,13-,14-/m1/s1. The van der Waals surface area contributed by atoms with Crippen LogP contribution in [0.4, 0.5) is 0 Å². The molecule has 4 heteroatoms. The van der Waals surface area contributed by atoms with Gasteiger partial charge >= 0.3 is 0 Å². The second kappa shape index (κ2) is 4.99. The van der Waals surface area contributed by atoms with Crippen LogP contribution < -0.4 is 0 Å². The fourth-order valence-electron chi connectivity index (χ4n) is 4.07. The average Bonchev–Trinajstić information content (AvgIpc) is 2.80. The first kappa shape index (κ1) is 13.8. The van der Waals surface area contributed by atoms with Crippen LogP contribution in [0.15, 0.2) is 0 Å². The molecule has 5 atom stereocenters. The Morgan fingerprint density at radius 1 is 1.32 bits per heavy atom. The third-order valence-corrected chi connectivity index (χ3v) is 4.94. The monoisotopic (exact) mass is 269 g/mol. The quantitative estimate of drug-likeness (QED) is 0.848. The normalized spacial score (nSPS) is 45.2. The number of nitrogens with zero attached hydrogens (tertiary/aromatic N) is 1. The molecule has 0 aromatic rings. The molecular formula is C15H27NO3. The van der Waals surface area contributed by atoms with E-state index >= 15 is 0 Å². The second-order valence-electron chi connectivity index (χ2n) is 6.81. The highest BCUT2D eigenvalue weighted by Crippen LogP contribution is 2.42. The van der Waals surface area contributed by atoms with E-state index in [4.69, 9.17) is 9.47 Å². The van der Waals surface area contributed by atoms with Gasteiger partial charge in [-0.2, -0.15) is 0 Å². The number of aliphatic hydroxyl groups excluding tert-OH is 1. The van der Waals surface area contributed by atoms with E-state index in [1.165, 1.54) is 12.8 Å². The van der Waals surface area contributed by atoms with Crippen LogP contribution in [0.25, 0.3) is 0 Å². The molecule has 0 aromatic heterocycles. The van der Waals surface area contributed by atoms with Gasteiger partial charge in [0, 0.05) is 6.54 Å². The Labute approximate surface area is 116 Å². The summed E-state index contributed by atoms with van der Waals surface area (Å²) >= 11 is 0. The number of piperidine rings is 1. The molecule has 3 fully saturated rings. The van der Waals surface area contributed by atoms with Gasteiger partial charge in [0.2, 0.25) is 0 Å². The predicted molar refractivity (Wildman–Crippen MR) is 72.8 cm³/mol. The van der Waals surface area contributed by atoms with Gasteiger partial charge in [0.15, 0.2) is 5.79 Å². The maximum Gasteiger partial charge on any atom is 0.163 e. The number of fused-ring (bicyclic) bond motifs is 3. The van der Waals surface area contributed by atoms with Gasteiger partial charge in [-0.15, -0.1) is 0 Å². The molecule has 4 nitrogen and oxygen atoms in total. The van der Waals surface area contributed by atoms with E-state index in [2.05, 4.69) is 11.8 Å². The molecule has 0 aromatic carbocycles. The van der Waals surface area contributed by atoms with E-state index in [9.17, 15) is 5.11 Å². The third-order valence-electron chi connectivity index (χ3n) is 4.94. The van der Waals surface area contributed by atoms with Gasteiger partial charge in [-0.25, -0.2) is 0 Å². The van der Waals surface area contributed by atoms with Gasteiger partial charge in [-0.1, -0.05) is 19.8 Å². The molecule has 1 N–H and O–H groups in total. The van der Waals surface area contributed by atoms with Gasteiger partial charge in [-0.05, 0) is 39.2 Å². The molecule has 3 rings (SSSR count). The van der Waals surface area contributed by atoms with Crippen LogP contribution in [0.2, 0.25) is 0 Å². The molecule has 1 unspecified atom stereocenters. The van der Waals surface area contributed by atoms with Crippen LogP contribution in [0, 0.1) is 5.92 Å².